The monoisotopic (exact) mass is 215 g/mol. The number of nitrogens with zero attached hydrogens (tertiary/aromatic N) is 1. The van der Waals surface area contributed by atoms with Crippen LogP contribution in [0.5, 0.6) is 0 Å². The lowest BCUT2D eigenvalue weighted by Gasteiger charge is -1.99. The van der Waals surface area contributed by atoms with Gasteiger partial charge in [-0.25, -0.2) is 4.39 Å². The number of nitriles is 1. The van der Waals surface area contributed by atoms with E-state index in [1.807, 2.05) is 0 Å². The summed E-state index contributed by atoms with van der Waals surface area (Å²) in [6.07, 6.45) is 2.61. The van der Waals surface area contributed by atoms with Gasteiger partial charge in [0.2, 0.25) is 0 Å². The van der Waals surface area contributed by atoms with Crippen molar-refractivity contribution in [2.75, 3.05) is 0 Å². The van der Waals surface area contributed by atoms with Gasteiger partial charge in [0.15, 0.2) is 0 Å². The summed E-state index contributed by atoms with van der Waals surface area (Å²) < 4.78 is 12.9. The molecule has 0 spiro atoms. The molecule has 66 valence electrons. The predicted molar refractivity (Wildman–Crippen MR) is 51.1 cm³/mol. The molecule has 0 aliphatic heterocycles. The van der Waals surface area contributed by atoms with E-state index in [1.54, 1.807) is 6.07 Å². The second-order valence-corrected chi connectivity index (χ2v) is 3.07. The molecule has 1 nitrogen and oxygen atoms in total. The summed E-state index contributed by atoms with van der Waals surface area (Å²) in [6, 6.07) is 4.38. The van der Waals surface area contributed by atoms with Gasteiger partial charge in [-0.3, -0.25) is 0 Å². The van der Waals surface area contributed by atoms with E-state index in [2.05, 4.69) is 0 Å². The largest absolute Gasteiger partial charge is 0.205 e. The molecule has 0 aliphatic rings. The number of hydrogen-bond donors (Lipinski definition) is 0. The second-order valence-electron chi connectivity index (χ2n) is 2.25. The smallest absolute Gasteiger partial charge is 0.143 e. The zero-order valence-electron chi connectivity index (χ0n) is 6.39. The van der Waals surface area contributed by atoms with Crippen molar-refractivity contribution in [3.63, 3.8) is 0 Å². The molecule has 0 fully saturated rings. The Kier molecular flexibility index (Phi) is 3.30. The minimum Gasteiger partial charge on any atom is -0.205 e. The first-order chi connectivity index (χ1) is 6.15. The molecule has 1 aromatic carbocycles. The summed E-state index contributed by atoms with van der Waals surface area (Å²) in [6.45, 7) is 0. The van der Waals surface area contributed by atoms with Crippen LogP contribution >= 0.6 is 23.2 Å². The minimum absolute atomic E-state index is 0.0316. The van der Waals surface area contributed by atoms with E-state index in [0.717, 1.165) is 6.07 Å². The Morgan fingerprint density at radius 2 is 2.08 bits per heavy atom. The highest BCUT2D eigenvalue weighted by Gasteiger charge is 2.05. The third kappa shape index (κ3) is 2.45. The Balaban J connectivity index is 3.22. The van der Waals surface area contributed by atoms with Gasteiger partial charge >= 0.3 is 0 Å². The molecule has 1 aromatic rings. The summed E-state index contributed by atoms with van der Waals surface area (Å²) in [5.74, 6) is -0.591. The Morgan fingerprint density at radius 1 is 1.38 bits per heavy atom. The van der Waals surface area contributed by atoms with E-state index in [-0.39, 0.29) is 10.0 Å². The number of halogens is 3. The molecule has 0 aromatic heterocycles. The first kappa shape index (κ1) is 10.0. The van der Waals surface area contributed by atoms with Crippen molar-refractivity contribution in [3.8, 4) is 6.07 Å². The van der Waals surface area contributed by atoms with Crippen molar-refractivity contribution >= 4 is 29.3 Å². The normalized spacial score (nSPS) is 10.3. The van der Waals surface area contributed by atoms with E-state index in [0.29, 0.717) is 5.56 Å². The van der Waals surface area contributed by atoms with Gasteiger partial charge in [-0.2, -0.15) is 5.26 Å². The lowest BCUT2D eigenvalue weighted by Crippen LogP contribution is -1.82. The van der Waals surface area contributed by atoms with Crippen molar-refractivity contribution in [1.29, 1.82) is 5.26 Å². The lowest BCUT2D eigenvalue weighted by atomic mass is 10.2. The Hall–Kier alpha value is -1.04. The van der Waals surface area contributed by atoms with E-state index in [4.69, 9.17) is 28.5 Å². The third-order valence-electron chi connectivity index (χ3n) is 1.36. The zero-order valence-corrected chi connectivity index (χ0v) is 7.90. The van der Waals surface area contributed by atoms with Crippen LogP contribution < -0.4 is 0 Å². The number of benzene rings is 1. The molecule has 0 heterocycles. The third-order valence-corrected chi connectivity index (χ3v) is 1.98. The Morgan fingerprint density at radius 3 is 2.69 bits per heavy atom. The Labute approximate surface area is 85.0 Å². The van der Waals surface area contributed by atoms with Crippen molar-refractivity contribution in [2.24, 2.45) is 0 Å². The fourth-order valence-electron chi connectivity index (χ4n) is 0.824. The summed E-state index contributed by atoms with van der Waals surface area (Å²) in [4.78, 5) is 0. The van der Waals surface area contributed by atoms with Crippen molar-refractivity contribution < 1.29 is 4.39 Å². The average Bonchev–Trinajstić information content (AvgIpc) is 2.09. The second kappa shape index (κ2) is 4.27. The highest BCUT2D eigenvalue weighted by Crippen LogP contribution is 2.25. The van der Waals surface area contributed by atoms with Crippen molar-refractivity contribution in [3.05, 3.63) is 39.6 Å². The SMILES string of the molecule is N#CC=Cc1cc(Cl)cc(F)c1Cl. The molecular weight excluding hydrogens is 212 g/mol. The van der Waals surface area contributed by atoms with Crippen LogP contribution in [-0.2, 0) is 0 Å². The molecule has 0 amide bonds. The maximum absolute atomic E-state index is 12.9. The molecule has 0 saturated heterocycles. The minimum atomic E-state index is -0.591. The Bertz CT molecular complexity index is 393. The average molecular weight is 216 g/mol. The van der Waals surface area contributed by atoms with E-state index >= 15 is 0 Å². The lowest BCUT2D eigenvalue weighted by molar-refractivity contribution is 0.628. The van der Waals surface area contributed by atoms with E-state index < -0.39 is 5.82 Å². The maximum atomic E-state index is 12.9. The van der Waals surface area contributed by atoms with Gasteiger partial charge in [-0.05, 0) is 23.8 Å². The first-order valence-corrected chi connectivity index (χ1v) is 4.11. The van der Waals surface area contributed by atoms with Crippen LogP contribution in [0.3, 0.4) is 0 Å². The van der Waals surface area contributed by atoms with Gasteiger partial charge in [-0.1, -0.05) is 23.2 Å². The summed E-state index contributed by atoms with van der Waals surface area (Å²) in [5.41, 5.74) is 0.396. The van der Waals surface area contributed by atoms with Crippen LogP contribution in [0, 0.1) is 17.1 Å². The predicted octanol–water partition coefficient (Wildman–Crippen LogP) is 3.67. The van der Waals surface area contributed by atoms with Crippen LogP contribution in [0.4, 0.5) is 4.39 Å². The van der Waals surface area contributed by atoms with Crippen molar-refractivity contribution in [2.45, 2.75) is 0 Å². The fourth-order valence-corrected chi connectivity index (χ4v) is 1.21. The number of hydrogen-bond acceptors (Lipinski definition) is 1. The molecule has 0 bridgehead atoms. The summed E-state index contributed by atoms with van der Waals surface area (Å²) in [7, 11) is 0. The molecule has 1 rings (SSSR count). The molecule has 0 saturated carbocycles. The van der Waals surface area contributed by atoms with Gasteiger partial charge in [0, 0.05) is 11.1 Å². The van der Waals surface area contributed by atoms with Crippen LogP contribution in [0.2, 0.25) is 10.0 Å². The molecule has 0 radical (unpaired) electrons. The molecular formula is C9H4Cl2FN. The van der Waals surface area contributed by atoms with Crippen LogP contribution in [0.25, 0.3) is 6.08 Å². The van der Waals surface area contributed by atoms with Crippen molar-refractivity contribution in [1.82, 2.24) is 0 Å². The number of allylic oxidation sites excluding steroid dienone is 1. The molecule has 13 heavy (non-hydrogen) atoms. The summed E-state index contributed by atoms with van der Waals surface area (Å²) in [5, 5.41) is 8.47. The van der Waals surface area contributed by atoms with Crippen LogP contribution in [0.15, 0.2) is 18.2 Å². The molecule has 4 heteroatoms. The molecule has 0 unspecified atom stereocenters. The van der Waals surface area contributed by atoms with E-state index in [1.165, 1.54) is 18.2 Å². The topological polar surface area (TPSA) is 23.8 Å². The highest BCUT2D eigenvalue weighted by molar-refractivity contribution is 6.34. The molecule has 0 N–H and O–H groups in total. The van der Waals surface area contributed by atoms with Gasteiger partial charge in [0.1, 0.15) is 5.82 Å². The fraction of sp³-hybridized carbons (Fsp3) is 0. The van der Waals surface area contributed by atoms with Gasteiger partial charge in [0.25, 0.3) is 0 Å². The van der Waals surface area contributed by atoms with Gasteiger partial charge < -0.3 is 0 Å². The van der Waals surface area contributed by atoms with Crippen LogP contribution in [-0.4, -0.2) is 0 Å². The van der Waals surface area contributed by atoms with E-state index in [9.17, 15) is 4.39 Å². The number of rotatable bonds is 1. The van der Waals surface area contributed by atoms with Gasteiger partial charge in [-0.15, -0.1) is 0 Å². The van der Waals surface area contributed by atoms with Gasteiger partial charge in [0.05, 0.1) is 11.1 Å². The molecule has 0 atom stereocenters. The van der Waals surface area contributed by atoms with Crippen LogP contribution in [0.1, 0.15) is 5.56 Å². The zero-order chi connectivity index (χ0) is 9.84. The highest BCUT2D eigenvalue weighted by atomic mass is 35.5. The standard InChI is InChI=1S/C9H4Cl2FN/c10-7-4-6(2-1-3-13)9(11)8(12)5-7/h1-2,4-5H. The first-order valence-electron chi connectivity index (χ1n) is 3.36. The quantitative estimate of drug-likeness (QED) is 0.518. The summed E-state index contributed by atoms with van der Waals surface area (Å²) >= 11 is 11.2. The maximum Gasteiger partial charge on any atom is 0.143 e. The molecule has 0 aliphatic carbocycles.